The first-order chi connectivity index (χ1) is 14.5. The minimum atomic E-state index is -0.0421. The van der Waals surface area contributed by atoms with E-state index in [0.29, 0.717) is 24.4 Å². The Labute approximate surface area is 175 Å². The number of carbonyl (C=O) groups excluding carboxylic acids is 1. The van der Waals surface area contributed by atoms with Crippen LogP contribution in [0.2, 0.25) is 0 Å². The zero-order chi connectivity index (χ0) is 20.8. The normalized spacial score (nSPS) is 14.0. The summed E-state index contributed by atoms with van der Waals surface area (Å²) in [5, 5.41) is 9.29. The van der Waals surface area contributed by atoms with Crippen molar-refractivity contribution in [1.82, 2.24) is 29.3 Å². The molecule has 1 aliphatic rings. The van der Waals surface area contributed by atoms with Gasteiger partial charge in [-0.2, -0.15) is 10.2 Å². The van der Waals surface area contributed by atoms with Gasteiger partial charge in [0, 0.05) is 60.8 Å². The minimum Gasteiger partial charge on any atom is -0.337 e. The molecule has 0 spiro atoms. The summed E-state index contributed by atoms with van der Waals surface area (Å²) in [6, 6.07) is 14.0. The van der Waals surface area contributed by atoms with Gasteiger partial charge in [-0.1, -0.05) is 30.3 Å². The number of carbonyl (C=O) groups is 1. The number of hydrogen-bond donors (Lipinski definition) is 0. The van der Waals surface area contributed by atoms with Gasteiger partial charge >= 0.3 is 0 Å². The molecular formula is C23H24N6O. The number of fused-ring (bicyclic) bond motifs is 2. The van der Waals surface area contributed by atoms with Gasteiger partial charge in [0.25, 0.3) is 5.91 Å². The molecule has 4 heterocycles. The largest absolute Gasteiger partial charge is 0.337 e. The monoisotopic (exact) mass is 400 g/mol. The fourth-order valence-electron chi connectivity index (χ4n) is 4.36. The molecule has 5 rings (SSSR count). The molecule has 7 heteroatoms. The Morgan fingerprint density at radius 1 is 1.00 bits per heavy atom. The highest BCUT2D eigenvalue weighted by atomic mass is 16.2. The average Bonchev–Trinajstić information content (AvgIpc) is 3.21. The van der Waals surface area contributed by atoms with E-state index in [1.165, 1.54) is 11.3 Å². The molecule has 0 bridgehead atoms. The van der Waals surface area contributed by atoms with Crippen LogP contribution in [-0.4, -0.2) is 48.3 Å². The molecule has 30 heavy (non-hydrogen) atoms. The molecule has 0 atom stereocenters. The van der Waals surface area contributed by atoms with Crippen molar-refractivity contribution in [3.05, 3.63) is 70.8 Å². The number of amides is 1. The van der Waals surface area contributed by atoms with E-state index in [2.05, 4.69) is 22.2 Å². The molecule has 0 saturated heterocycles. The van der Waals surface area contributed by atoms with Gasteiger partial charge in [0.1, 0.15) is 0 Å². The first-order valence-corrected chi connectivity index (χ1v) is 10.2. The first kappa shape index (κ1) is 18.5. The van der Waals surface area contributed by atoms with Gasteiger partial charge in [-0.15, -0.1) is 0 Å². The standard InChI is InChI=1S/C23H24N6O/c1-15-13-16(2)29-21(24-15)14-19(25-29)23(30)28-11-9-18-20(10-12-28)27(3)26-22(18)17-7-5-4-6-8-17/h4-8,13-14H,9-12H2,1-3H3. The summed E-state index contributed by atoms with van der Waals surface area (Å²) in [7, 11) is 1.99. The van der Waals surface area contributed by atoms with Crippen molar-refractivity contribution in [2.24, 2.45) is 7.05 Å². The SMILES string of the molecule is Cc1cc(C)n2nc(C(=O)N3CCc4c(-c5ccccc5)nn(C)c4CC3)cc2n1. The van der Waals surface area contributed by atoms with Crippen molar-refractivity contribution in [3.63, 3.8) is 0 Å². The maximum absolute atomic E-state index is 13.2. The van der Waals surface area contributed by atoms with Crippen LogP contribution in [0.5, 0.6) is 0 Å². The number of nitrogens with zero attached hydrogens (tertiary/aromatic N) is 6. The molecule has 0 fully saturated rings. The Hall–Kier alpha value is -3.48. The lowest BCUT2D eigenvalue weighted by molar-refractivity contribution is 0.0756. The second-order valence-corrected chi connectivity index (χ2v) is 7.89. The van der Waals surface area contributed by atoms with Crippen molar-refractivity contribution in [1.29, 1.82) is 0 Å². The second-order valence-electron chi connectivity index (χ2n) is 7.89. The summed E-state index contributed by atoms with van der Waals surface area (Å²) in [4.78, 5) is 19.6. The van der Waals surface area contributed by atoms with Crippen molar-refractivity contribution in [3.8, 4) is 11.3 Å². The smallest absolute Gasteiger partial charge is 0.274 e. The van der Waals surface area contributed by atoms with Crippen molar-refractivity contribution in [2.45, 2.75) is 26.7 Å². The molecule has 4 aromatic rings. The van der Waals surface area contributed by atoms with Crippen LogP contribution in [0.15, 0.2) is 42.5 Å². The molecule has 152 valence electrons. The third-order valence-electron chi connectivity index (χ3n) is 5.81. The van der Waals surface area contributed by atoms with Gasteiger partial charge in [0.05, 0.1) is 5.69 Å². The van der Waals surface area contributed by atoms with E-state index >= 15 is 0 Å². The number of hydrogen-bond acceptors (Lipinski definition) is 4. The van der Waals surface area contributed by atoms with Crippen LogP contribution < -0.4 is 0 Å². The molecule has 3 aromatic heterocycles. The molecule has 0 N–H and O–H groups in total. The lowest BCUT2D eigenvalue weighted by Gasteiger charge is -2.19. The van der Waals surface area contributed by atoms with Crippen LogP contribution in [0.1, 0.15) is 33.1 Å². The third-order valence-corrected chi connectivity index (χ3v) is 5.81. The highest BCUT2D eigenvalue weighted by molar-refractivity contribution is 5.93. The summed E-state index contributed by atoms with van der Waals surface area (Å²) < 4.78 is 3.71. The van der Waals surface area contributed by atoms with Crippen molar-refractivity contribution in [2.75, 3.05) is 13.1 Å². The van der Waals surface area contributed by atoms with E-state index in [-0.39, 0.29) is 5.91 Å². The van der Waals surface area contributed by atoms with Crippen LogP contribution >= 0.6 is 0 Å². The summed E-state index contributed by atoms with van der Waals surface area (Å²) in [5.41, 5.74) is 7.63. The lowest BCUT2D eigenvalue weighted by atomic mass is 10.0. The van der Waals surface area contributed by atoms with Crippen LogP contribution in [-0.2, 0) is 19.9 Å². The van der Waals surface area contributed by atoms with Crippen LogP contribution in [0.3, 0.4) is 0 Å². The lowest BCUT2D eigenvalue weighted by Crippen LogP contribution is -2.33. The molecule has 0 aliphatic carbocycles. The van der Waals surface area contributed by atoms with Gasteiger partial charge in [0.2, 0.25) is 0 Å². The predicted octanol–water partition coefficient (Wildman–Crippen LogP) is 2.99. The molecule has 7 nitrogen and oxygen atoms in total. The summed E-state index contributed by atoms with van der Waals surface area (Å²) in [5.74, 6) is -0.0421. The van der Waals surface area contributed by atoms with E-state index < -0.39 is 0 Å². The highest BCUT2D eigenvalue weighted by Crippen LogP contribution is 2.28. The fraction of sp³-hybridized carbons (Fsp3) is 0.304. The number of aryl methyl sites for hydroxylation is 3. The van der Waals surface area contributed by atoms with E-state index in [9.17, 15) is 4.79 Å². The minimum absolute atomic E-state index is 0.0421. The van der Waals surface area contributed by atoms with Gasteiger partial charge in [-0.05, 0) is 26.3 Å². The summed E-state index contributed by atoms with van der Waals surface area (Å²) in [6.07, 6.45) is 1.56. The molecule has 0 saturated carbocycles. The van der Waals surface area contributed by atoms with Gasteiger partial charge < -0.3 is 4.90 Å². The fourth-order valence-corrected chi connectivity index (χ4v) is 4.36. The Bertz CT molecular complexity index is 1250. The Kier molecular flexibility index (Phi) is 4.38. The quantitative estimate of drug-likeness (QED) is 0.519. The first-order valence-electron chi connectivity index (χ1n) is 10.2. The number of benzene rings is 1. The third kappa shape index (κ3) is 3.07. The number of aromatic nitrogens is 5. The molecule has 0 unspecified atom stereocenters. The average molecular weight is 400 g/mol. The zero-order valence-corrected chi connectivity index (χ0v) is 17.5. The van der Waals surface area contributed by atoms with Crippen LogP contribution in [0.4, 0.5) is 0 Å². The maximum Gasteiger partial charge on any atom is 0.274 e. The van der Waals surface area contributed by atoms with E-state index in [1.807, 2.05) is 54.7 Å². The van der Waals surface area contributed by atoms with Crippen LogP contribution in [0, 0.1) is 13.8 Å². The van der Waals surface area contributed by atoms with E-state index in [4.69, 9.17) is 5.10 Å². The maximum atomic E-state index is 13.2. The Morgan fingerprint density at radius 2 is 1.77 bits per heavy atom. The summed E-state index contributed by atoms with van der Waals surface area (Å²) >= 11 is 0. The van der Waals surface area contributed by atoms with Gasteiger partial charge in [-0.25, -0.2) is 9.50 Å². The highest BCUT2D eigenvalue weighted by Gasteiger charge is 2.26. The molecule has 1 aromatic carbocycles. The van der Waals surface area contributed by atoms with E-state index in [1.54, 1.807) is 10.6 Å². The van der Waals surface area contributed by atoms with E-state index in [0.717, 1.165) is 35.5 Å². The number of rotatable bonds is 2. The summed E-state index contributed by atoms with van der Waals surface area (Å²) in [6.45, 7) is 5.23. The molecule has 1 amide bonds. The topological polar surface area (TPSA) is 68.3 Å². The second kappa shape index (κ2) is 7.09. The van der Waals surface area contributed by atoms with Crippen molar-refractivity contribution >= 4 is 11.6 Å². The van der Waals surface area contributed by atoms with Crippen LogP contribution in [0.25, 0.3) is 16.9 Å². The Morgan fingerprint density at radius 3 is 2.57 bits per heavy atom. The zero-order valence-electron chi connectivity index (χ0n) is 17.5. The molecule has 0 radical (unpaired) electrons. The van der Waals surface area contributed by atoms with Crippen molar-refractivity contribution < 1.29 is 4.79 Å². The van der Waals surface area contributed by atoms with Gasteiger partial charge in [0.15, 0.2) is 11.3 Å². The molecule has 1 aliphatic heterocycles. The van der Waals surface area contributed by atoms with Gasteiger partial charge in [-0.3, -0.25) is 9.48 Å². The Balaban J connectivity index is 1.43. The predicted molar refractivity (Wildman–Crippen MR) is 114 cm³/mol. The molecular weight excluding hydrogens is 376 g/mol.